The second-order valence-electron chi connectivity index (χ2n) is 6.25. The number of ether oxygens (including phenoxy) is 1. The van der Waals surface area contributed by atoms with Crippen LogP contribution < -0.4 is 10.7 Å². The van der Waals surface area contributed by atoms with Crippen LogP contribution in [0.3, 0.4) is 0 Å². The lowest BCUT2D eigenvalue weighted by atomic mass is 10.1. The Balaban J connectivity index is 2.12. The van der Waals surface area contributed by atoms with Crippen LogP contribution in [-0.2, 0) is 11.3 Å². The van der Waals surface area contributed by atoms with Gasteiger partial charge in [0.15, 0.2) is 11.7 Å². The monoisotopic (exact) mass is 316 g/mol. The number of aryl methyl sites for hydroxylation is 1. The summed E-state index contributed by atoms with van der Waals surface area (Å²) in [5, 5.41) is 14.2. The highest BCUT2D eigenvalue weighted by molar-refractivity contribution is 5.80. The van der Waals surface area contributed by atoms with Gasteiger partial charge in [0.25, 0.3) is 0 Å². The van der Waals surface area contributed by atoms with Crippen LogP contribution in [0, 0.1) is 12.8 Å². The van der Waals surface area contributed by atoms with Crippen molar-refractivity contribution >= 4 is 10.9 Å². The SMILES string of the molecule is CCOC(O)c1cn(CC2CCNC2)c2ccc(C)cc2c1=O. The van der Waals surface area contributed by atoms with E-state index in [0.717, 1.165) is 37.1 Å². The predicted octanol–water partition coefficient (Wildman–Crippen LogP) is 1.95. The van der Waals surface area contributed by atoms with Gasteiger partial charge in [0, 0.05) is 24.7 Å². The van der Waals surface area contributed by atoms with Crippen LogP contribution in [0.4, 0.5) is 0 Å². The molecule has 0 bridgehead atoms. The number of fused-ring (bicyclic) bond motifs is 1. The zero-order valence-corrected chi connectivity index (χ0v) is 13.7. The number of benzene rings is 1. The molecule has 0 amide bonds. The number of hydrogen-bond donors (Lipinski definition) is 2. The van der Waals surface area contributed by atoms with E-state index >= 15 is 0 Å². The minimum absolute atomic E-state index is 0.148. The molecule has 2 heterocycles. The molecule has 1 saturated heterocycles. The van der Waals surface area contributed by atoms with E-state index in [1.54, 1.807) is 13.1 Å². The van der Waals surface area contributed by atoms with E-state index in [1.807, 2.05) is 25.1 Å². The van der Waals surface area contributed by atoms with Crippen LogP contribution in [0.25, 0.3) is 10.9 Å². The number of pyridine rings is 1. The number of nitrogens with one attached hydrogen (secondary N) is 1. The molecule has 23 heavy (non-hydrogen) atoms. The molecule has 1 aliphatic heterocycles. The highest BCUT2D eigenvalue weighted by Gasteiger charge is 2.20. The van der Waals surface area contributed by atoms with Crippen LogP contribution in [0.1, 0.15) is 30.8 Å². The molecule has 0 radical (unpaired) electrons. The summed E-state index contributed by atoms with van der Waals surface area (Å²) in [5.74, 6) is 0.541. The summed E-state index contributed by atoms with van der Waals surface area (Å²) in [5.41, 5.74) is 2.12. The van der Waals surface area contributed by atoms with Gasteiger partial charge in [-0.05, 0) is 51.4 Å². The van der Waals surface area contributed by atoms with E-state index in [-0.39, 0.29) is 5.43 Å². The molecular formula is C18H24N2O3. The lowest BCUT2D eigenvalue weighted by Crippen LogP contribution is -2.22. The van der Waals surface area contributed by atoms with Crippen molar-refractivity contribution in [1.82, 2.24) is 9.88 Å². The fraction of sp³-hybridized carbons (Fsp3) is 0.500. The van der Waals surface area contributed by atoms with Crippen molar-refractivity contribution in [2.75, 3.05) is 19.7 Å². The summed E-state index contributed by atoms with van der Waals surface area (Å²) in [6, 6.07) is 5.90. The van der Waals surface area contributed by atoms with Crippen molar-refractivity contribution in [3.8, 4) is 0 Å². The maximum Gasteiger partial charge on any atom is 0.197 e. The van der Waals surface area contributed by atoms with Crippen LogP contribution in [-0.4, -0.2) is 29.4 Å². The summed E-state index contributed by atoms with van der Waals surface area (Å²) >= 11 is 0. The van der Waals surface area contributed by atoms with Crippen molar-refractivity contribution in [3.63, 3.8) is 0 Å². The molecular weight excluding hydrogens is 292 g/mol. The van der Waals surface area contributed by atoms with Gasteiger partial charge in [-0.15, -0.1) is 0 Å². The molecule has 5 heteroatoms. The van der Waals surface area contributed by atoms with Crippen molar-refractivity contribution in [2.45, 2.75) is 33.1 Å². The number of aliphatic hydroxyl groups excluding tert-OH is 1. The Morgan fingerprint density at radius 2 is 2.30 bits per heavy atom. The molecule has 124 valence electrons. The average Bonchev–Trinajstić information content (AvgIpc) is 3.03. The summed E-state index contributed by atoms with van der Waals surface area (Å²) in [7, 11) is 0. The standard InChI is InChI=1S/C18H24N2O3/c1-3-23-18(22)15-11-20(10-13-6-7-19-9-13)16-5-4-12(2)8-14(16)17(15)21/h4-5,8,11,13,18-19,22H,3,6-7,9-10H2,1-2H3. The number of nitrogens with zero attached hydrogens (tertiary/aromatic N) is 1. The van der Waals surface area contributed by atoms with Crippen molar-refractivity contribution < 1.29 is 9.84 Å². The minimum Gasteiger partial charge on any atom is -0.364 e. The summed E-state index contributed by atoms with van der Waals surface area (Å²) in [6.45, 7) is 6.99. The molecule has 0 saturated carbocycles. The quantitative estimate of drug-likeness (QED) is 0.828. The van der Waals surface area contributed by atoms with Gasteiger partial charge in [-0.2, -0.15) is 0 Å². The zero-order chi connectivity index (χ0) is 16.4. The summed E-state index contributed by atoms with van der Waals surface area (Å²) < 4.78 is 7.33. The molecule has 5 nitrogen and oxygen atoms in total. The molecule has 2 unspecified atom stereocenters. The maximum atomic E-state index is 12.7. The van der Waals surface area contributed by atoms with E-state index in [0.29, 0.717) is 23.5 Å². The predicted molar refractivity (Wildman–Crippen MR) is 90.5 cm³/mol. The Labute approximate surface area is 135 Å². The minimum atomic E-state index is -1.18. The van der Waals surface area contributed by atoms with Crippen molar-refractivity contribution in [1.29, 1.82) is 0 Å². The molecule has 0 spiro atoms. The fourth-order valence-corrected chi connectivity index (χ4v) is 3.26. The smallest absolute Gasteiger partial charge is 0.197 e. The van der Waals surface area contributed by atoms with Crippen LogP contribution in [0.2, 0.25) is 0 Å². The summed E-state index contributed by atoms with van der Waals surface area (Å²) in [6.07, 6.45) is 1.71. The van der Waals surface area contributed by atoms with Gasteiger partial charge in [-0.25, -0.2) is 0 Å². The van der Waals surface area contributed by atoms with Crippen molar-refractivity contribution in [2.24, 2.45) is 5.92 Å². The first-order chi connectivity index (χ1) is 11.1. The first-order valence-corrected chi connectivity index (χ1v) is 8.24. The maximum absolute atomic E-state index is 12.7. The molecule has 1 aromatic heterocycles. The Hall–Kier alpha value is -1.69. The Morgan fingerprint density at radius 3 is 3.00 bits per heavy atom. The third-order valence-electron chi connectivity index (χ3n) is 4.47. The molecule has 1 fully saturated rings. The second-order valence-corrected chi connectivity index (χ2v) is 6.25. The first kappa shape index (κ1) is 16.2. The average molecular weight is 316 g/mol. The topological polar surface area (TPSA) is 63.5 Å². The van der Waals surface area contributed by atoms with Gasteiger partial charge in [0.1, 0.15) is 0 Å². The molecule has 0 aliphatic carbocycles. The molecule has 2 N–H and O–H groups in total. The van der Waals surface area contributed by atoms with Gasteiger partial charge in [0.05, 0.1) is 11.1 Å². The highest BCUT2D eigenvalue weighted by atomic mass is 16.6. The lowest BCUT2D eigenvalue weighted by Gasteiger charge is -2.19. The molecule has 2 aromatic rings. The van der Waals surface area contributed by atoms with E-state index in [1.165, 1.54) is 0 Å². The highest BCUT2D eigenvalue weighted by Crippen LogP contribution is 2.21. The van der Waals surface area contributed by atoms with Crippen LogP contribution in [0.15, 0.2) is 29.2 Å². The molecule has 2 atom stereocenters. The van der Waals surface area contributed by atoms with Gasteiger partial charge >= 0.3 is 0 Å². The largest absolute Gasteiger partial charge is 0.364 e. The Kier molecular flexibility index (Phi) is 4.80. The van der Waals surface area contributed by atoms with E-state index in [2.05, 4.69) is 9.88 Å². The number of rotatable bonds is 5. The van der Waals surface area contributed by atoms with Gasteiger partial charge in [-0.1, -0.05) is 11.6 Å². The Morgan fingerprint density at radius 1 is 1.48 bits per heavy atom. The van der Waals surface area contributed by atoms with E-state index in [9.17, 15) is 9.90 Å². The van der Waals surface area contributed by atoms with Gasteiger partial charge in [-0.3, -0.25) is 4.79 Å². The first-order valence-electron chi connectivity index (χ1n) is 8.24. The van der Waals surface area contributed by atoms with Gasteiger partial charge in [0.2, 0.25) is 0 Å². The number of hydrogen-bond acceptors (Lipinski definition) is 4. The molecule has 1 aromatic carbocycles. The fourth-order valence-electron chi connectivity index (χ4n) is 3.26. The lowest BCUT2D eigenvalue weighted by molar-refractivity contribution is -0.0988. The third-order valence-corrected chi connectivity index (χ3v) is 4.47. The van der Waals surface area contributed by atoms with E-state index < -0.39 is 6.29 Å². The van der Waals surface area contributed by atoms with Gasteiger partial charge < -0.3 is 19.7 Å². The van der Waals surface area contributed by atoms with Crippen molar-refractivity contribution in [3.05, 3.63) is 45.7 Å². The van der Waals surface area contributed by atoms with Crippen LogP contribution in [0.5, 0.6) is 0 Å². The second kappa shape index (κ2) is 6.83. The molecule has 1 aliphatic rings. The summed E-state index contributed by atoms with van der Waals surface area (Å²) in [4.78, 5) is 12.7. The van der Waals surface area contributed by atoms with Crippen LogP contribution >= 0.6 is 0 Å². The third kappa shape index (κ3) is 3.32. The Bertz CT molecular complexity index is 748. The zero-order valence-electron chi connectivity index (χ0n) is 13.7. The number of aliphatic hydroxyl groups is 1. The number of aromatic nitrogens is 1. The molecule has 3 rings (SSSR count). The van der Waals surface area contributed by atoms with E-state index in [4.69, 9.17) is 4.74 Å². The normalized spacial score (nSPS) is 19.3.